The molecule has 1 rings (SSSR count). The number of hydrogen-bond donors (Lipinski definition) is 1. The summed E-state index contributed by atoms with van der Waals surface area (Å²) >= 11 is 0. The van der Waals surface area contributed by atoms with Crippen LogP contribution in [-0.4, -0.2) is 25.2 Å². The number of nitrogens with one attached hydrogen (secondary N) is 1. The molecule has 1 N–H and O–H groups in total. The Morgan fingerprint density at radius 1 is 1.39 bits per heavy atom. The van der Waals surface area contributed by atoms with Gasteiger partial charge in [0.05, 0.1) is 13.2 Å². The molecular weight excluding hydrogens is 237 g/mol. The van der Waals surface area contributed by atoms with Crippen LogP contribution in [-0.2, 0) is 9.53 Å². The molecular formula is C13H18FNO3. The predicted molar refractivity (Wildman–Crippen MR) is 67.3 cm³/mol. The van der Waals surface area contributed by atoms with Gasteiger partial charge in [-0.2, -0.15) is 0 Å². The minimum Gasteiger partial charge on any atom is -0.491 e. The van der Waals surface area contributed by atoms with Crippen molar-refractivity contribution in [3.63, 3.8) is 0 Å². The summed E-state index contributed by atoms with van der Waals surface area (Å²) < 4.78 is 23.5. The zero-order valence-electron chi connectivity index (χ0n) is 10.8. The van der Waals surface area contributed by atoms with Gasteiger partial charge in [-0.15, -0.1) is 0 Å². The van der Waals surface area contributed by atoms with Crippen LogP contribution in [0.3, 0.4) is 0 Å². The fourth-order valence-electron chi connectivity index (χ4n) is 1.44. The van der Waals surface area contributed by atoms with Gasteiger partial charge in [-0.25, -0.2) is 9.18 Å². The Kier molecular flexibility index (Phi) is 5.42. The molecule has 100 valence electrons. The van der Waals surface area contributed by atoms with E-state index >= 15 is 0 Å². The zero-order chi connectivity index (χ0) is 13.5. The standard InChI is InChI=1S/C13H18FNO3/c1-4-17-12-7-6-10(8-11(12)14)15-9(3)13(16)18-5-2/h6-9,15H,4-5H2,1-3H3. The lowest BCUT2D eigenvalue weighted by Crippen LogP contribution is -2.28. The van der Waals surface area contributed by atoms with E-state index in [0.717, 1.165) is 0 Å². The second-order valence-corrected chi connectivity index (χ2v) is 3.70. The SMILES string of the molecule is CCOC(=O)C(C)Nc1ccc(OCC)c(F)c1. The summed E-state index contributed by atoms with van der Waals surface area (Å²) in [6.45, 7) is 5.91. The van der Waals surface area contributed by atoms with Gasteiger partial charge < -0.3 is 14.8 Å². The molecule has 1 aromatic rings. The highest BCUT2D eigenvalue weighted by Crippen LogP contribution is 2.21. The van der Waals surface area contributed by atoms with E-state index in [-0.39, 0.29) is 11.7 Å². The van der Waals surface area contributed by atoms with Crippen molar-refractivity contribution in [2.75, 3.05) is 18.5 Å². The van der Waals surface area contributed by atoms with Gasteiger partial charge in [0.15, 0.2) is 11.6 Å². The fraction of sp³-hybridized carbons (Fsp3) is 0.462. The van der Waals surface area contributed by atoms with E-state index in [2.05, 4.69) is 5.32 Å². The first kappa shape index (κ1) is 14.3. The third-order valence-electron chi connectivity index (χ3n) is 2.26. The van der Waals surface area contributed by atoms with E-state index < -0.39 is 11.9 Å². The van der Waals surface area contributed by atoms with Crippen LogP contribution in [0.5, 0.6) is 5.75 Å². The minimum absolute atomic E-state index is 0.201. The molecule has 18 heavy (non-hydrogen) atoms. The molecule has 0 radical (unpaired) electrons. The third-order valence-corrected chi connectivity index (χ3v) is 2.26. The van der Waals surface area contributed by atoms with Crippen LogP contribution < -0.4 is 10.1 Å². The lowest BCUT2D eigenvalue weighted by molar-refractivity contribution is -0.143. The Labute approximate surface area is 106 Å². The quantitative estimate of drug-likeness (QED) is 0.794. The first-order valence-corrected chi connectivity index (χ1v) is 5.94. The summed E-state index contributed by atoms with van der Waals surface area (Å²) in [5.41, 5.74) is 0.511. The summed E-state index contributed by atoms with van der Waals surface area (Å²) in [6, 6.07) is 3.95. The fourth-order valence-corrected chi connectivity index (χ4v) is 1.44. The van der Waals surface area contributed by atoms with E-state index in [4.69, 9.17) is 9.47 Å². The van der Waals surface area contributed by atoms with E-state index in [1.54, 1.807) is 26.8 Å². The molecule has 0 fully saturated rings. The van der Waals surface area contributed by atoms with Crippen LogP contribution in [0.15, 0.2) is 18.2 Å². The van der Waals surface area contributed by atoms with Gasteiger partial charge in [-0.3, -0.25) is 0 Å². The summed E-state index contributed by atoms with van der Waals surface area (Å²) in [6.07, 6.45) is 0. The van der Waals surface area contributed by atoms with Crippen molar-refractivity contribution < 1.29 is 18.7 Å². The van der Waals surface area contributed by atoms with Crippen LogP contribution in [0.2, 0.25) is 0 Å². The van der Waals surface area contributed by atoms with E-state index in [1.165, 1.54) is 12.1 Å². The number of esters is 1. The Hall–Kier alpha value is -1.78. The molecule has 1 aromatic carbocycles. The van der Waals surface area contributed by atoms with Crippen LogP contribution in [0, 0.1) is 5.82 Å². The molecule has 0 aromatic heterocycles. The van der Waals surface area contributed by atoms with Crippen LogP contribution >= 0.6 is 0 Å². The molecule has 0 spiro atoms. The molecule has 0 saturated carbocycles. The van der Waals surface area contributed by atoms with E-state index in [9.17, 15) is 9.18 Å². The smallest absolute Gasteiger partial charge is 0.328 e. The Morgan fingerprint density at radius 3 is 2.67 bits per heavy atom. The van der Waals surface area contributed by atoms with Gasteiger partial charge in [0.1, 0.15) is 6.04 Å². The molecule has 4 nitrogen and oxygen atoms in total. The van der Waals surface area contributed by atoms with Crippen molar-refractivity contribution in [3.8, 4) is 5.75 Å². The molecule has 0 aliphatic carbocycles. The van der Waals surface area contributed by atoms with Crippen molar-refractivity contribution in [1.82, 2.24) is 0 Å². The number of anilines is 1. The van der Waals surface area contributed by atoms with Crippen molar-refractivity contribution in [2.45, 2.75) is 26.8 Å². The lowest BCUT2D eigenvalue weighted by atomic mass is 10.2. The molecule has 0 heterocycles. The van der Waals surface area contributed by atoms with Gasteiger partial charge in [0, 0.05) is 11.8 Å². The molecule has 0 amide bonds. The molecule has 0 saturated heterocycles. The molecule has 0 bridgehead atoms. The first-order chi connectivity index (χ1) is 8.58. The first-order valence-electron chi connectivity index (χ1n) is 5.94. The summed E-state index contributed by atoms with van der Waals surface area (Å²) in [4.78, 5) is 11.4. The largest absolute Gasteiger partial charge is 0.491 e. The number of rotatable bonds is 6. The molecule has 1 atom stereocenters. The second kappa shape index (κ2) is 6.83. The van der Waals surface area contributed by atoms with Gasteiger partial charge in [-0.1, -0.05) is 0 Å². The van der Waals surface area contributed by atoms with Crippen LogP contribution in [0.1, 0.15) is 20.8 Å². The highest BCUT2D eigenvalue weighted by Gasteiger charge is 2.14. The van der Waals surface area contributed by atoms with Crippen molar-refractivity contribution in [2.24, 2.45) is 0 Å². The normalized spacial score (nSPS) is 11.8. The zero-order valence-corrected chi connectivity index (χ0v) is 10.8. The number of ether oxygens (including phenoxy) is 2. The van der Waals surface area contributed by atoms with Gasteiger partial charge in [0.2, 0.25) is 0 Å². The van der Waals surface area contributed by atoms with Gasteiger partial charge in [0.25, 0.3) is 0 Å². The maximum Gasteiger partial charge on any atom is 0.328 e. The maximum absolute atomic E-state index is 13.6. The monoisotopic (exact) mass is 255 g/mol. The Morgan fingerprint density at radius 2 is 2.11 bits per heavy atom. The van der Waals surface area contributed by atoms with E-state index in [0.29, 0.717) is 18.9 Å². The second-order valence-electron chi connectivity index (χ2n) is 3.70. The predicted octanol–water partition coefficient (Wildman–Crippen LogP) is 2.59. The number of benzene rings is 1. The molecule has 0 aliphatic rings. The topological polar surface area (TPSA) is 47.6 Å². The minimum atomic E-state index is -0.526. The van der Waals surface area contributed by atoms with Crippen LogP contribution in [0.4, 0.5) is 10.1 Å². The average molecular weight is 255 g/mol. The van der Waals surface area contributed by atoms with Crippen molar-refractivity contribution >= 4 is 11.7 Å². The summed E-state index contributed by atoms with van der Waals surface area (Å²) in [7, 11) is 0. The third kappa shape index (κ3) is 3.91. The number of carbonyl (C=O) groups is 1. The molecule has 5 heteroatoms. The number of carbonyl (C=O) groups excluding carboxylic acids is 1. The number of hydrogen-bond acceptors (Lipinski definition) is 4. The molecule has 1 unspecified atom stereocenters. The highest BCUT2D eigenvalue weighted by molar-refractivity contribution is 5.78. The number of halogens is 1. The van der Waals surface area contributed by atoms with Crippen LogP contribution in [0.25, 0.3) is 0 Å². The Balaban J connectivity index is 2.68. The van der Waals surface area contributed by atoms with Gasteiger partial charge in [-0.05, 0) is 32.9 Å². The lowest BCUT2D eigenvalue weighted by Gasteiger charge is -2.14. The summed E-state index contributed by atoms with van der Waals surface area (Å²) in [5.74, 6) is -0.628. The summed E-state index contributed by atoms with van der Waals surface area (Å²) in [5, 5.41) is 2.87. The van der Waals surface area contributed by atoms with E-state index in [1.807, 2.05) is 0 Å². The van der Waals surface area contributed by atoms with Crippen molar-refractivity contribution in [3.05, 3.63) is 24.0 Å². The molecule has 0 aliphatic heterocycles. The Bertz CT molecular complexity index is 409. The maximum atomic E-state index is 13.6. The van der Waals surface area contributed by atoms with Crippen molar-refractivity contribution in [1.29, 1.82) is 0 Å². The van der Waals surface area contributed by atoms with Gasteiger partial charge >= 0.3 is 5.97 Å². The highest BCUT2D eigenvalue weighted by atomic mass is 19.1. The average Bonchev–Trinajstić information content (AvgIpc) is 2.33.